The Balaban J connectivity index is 1.51. The van der Waals surface area contributed by atoms with Gasteiger partial charge in [0.05, 0.1) is 11.6 Å². The van der Waals surface area contributed by atoms with Gasteiger partial charge in [-0.05, 0) is 18.8 Å². The van der Waals surface area contributed by atoms with Crippen LogP contribution in [0.3, 0.4) is 0 Å². The highest BCUT2D eigenvalue weighted by Crippen LogP contribution is 2.17. The lowest BCUT2D eigenvalue weighted by Crippen LogP contribution is -2.46. The molecule has 0 saturated carbocycles. The number of nitrogens with zero attached hydrogens (tertiary/aromatic N) is 6. The van der Waals surface area contributed by atoms with Gasteiger partial charge in [-0.2, -0.15) is 5.10 Å². The van der Waals surface area contributed by atoms with Crippen molar-refractivity contribution in [2.75, 3.05) is 38.5 Å². The molecule has 0 amide bonds. The van der Waals surface area contributed by atoms with Gasteiger partial charge >= 0.3 is 0 Å². The molecule has 1 aliphatic heterocycles. The first-order chi connectivity index (χ1) is 11.7. The summed E-state index contributed by atoms with van der Waals surface area (Å²) in [5.41, 5.74) is 0.832. The van der Waals surface area contributed by atoms with Crippen LogP contribution < -0.4 is 10.6 Å². The highest BCUT2D eigenvalue weighted by Gasteiger charge is 2.18. The van der Waals surface area contributed by atoms with Crippen LogP contribution in [-0.2, 0) is 7.05 Å². The van der Waals surface area contributed by atoms with Crippen molar-refractivity contribution in [2.24, 2.45) is 18.0 Å². The lowest BCUT2D eigenvalue weighted by molar-refractivity contribution is 0.274. The van der Waals surface area contributed by atoms with Crippen molar-refractivity contribution in [1.29, 1.82) is 0 Å². The standard InChI is InChI=1S/C16H26N8/c1-12-4-8-24(9-5-12)16(17-2)19-7-6-18-14-13-10-22-23(3)15(13)21-11-20-14/h10-12H,4-9H2,1-3H3,(H,17,19)(H,18,20,21). The number of piperidine rings is 1. The second-order valence-corrected chi connectivity index (χ2v) is 6.30. The van der Waals surface area contributed by atoms with E-state index in [1.807, 2.05) is 14.1 Å². The van der Waals surface area contributed by atoms with Gasteiger partial charge in [0.25, 0.3) is 0 Å². The van der Waals surface area contributed by atoms with E-state index >= 15 is 0 Å². The van der Waals surface area contributed by atoms with Gasteiger partial charge in [-0.3, -0.25) is 9.67 Å². The molecule has 3 rings (SSSR count). The maximum Gasteiger partial charge on any atom is 0.193 e. The van der Waals surface area contributed by atoms with Gasteiger partial charge < -0.3 is 15.5 Å². The minimum atomic E-state index is 0.754. The average molecular weight is 330 g/mol. The molecule has 0 aliphatic carbocycles. The molecule has 0 spiro atoms. The van der Waals surface area contributed by atoms with Crippen LogP contribution in [0.4, 0.5) is 5.82 Å². The van der Waals surface area contributed by atoms with Gasteiger partial charge in [-0.25, -0.2) is 9.97 Å². The second kappa shape index (κ2) is 7.46. The molecule has 0 unspecified atom stereocenters. The minimum absolute atomic E-state index is 0.754. The van der Waals surface area contributed by atoms with Crippen LogP contribution in [0.15, 0.2) is 17.5 Å². The maximum absolute atomic E-state index is 4.40. The number of nitrogens with one attached hydrogen (secondary N) is 2. The predicted molar refractivity (Wildman–Crippen MR) is 96.1 cm³/mol. The Kier molecular flexibility index (Phi) is 5.12. The van der Waals surface area contributed by atoms with Crippen LogP contribution in [-0.4, -0.2) is 63.8 Å². The maximum atomic E-state index is 4.40. The van der Waals surface area contributed by atoms with E-state index < -0.39 is 0 Å². The van der Waals surface area contributed by atoms with E-state index in [-0.39, 0.29) is 0 Å². The number of guanidine groups is 1. The zero-order valence-corrected chi connectivity index (χ0v) is 14.7. The molecule has 2 aromatic rings. The molecule has 1 saturated heterocycles. The summed E-state index contributed by atoms with van der Waals surface area (Å²) in [6.45, 7) is 6.01. The predicted octanol–water partition coefficient (Wildman–Crippen LogP) is 1.08. The molecule has 8 nitrogen and oxygen atoms in total. The molecule has 1 fully saturated rings. The van der Waals surface area contributed by atoms with E-state index in [0.29, 0.717) is 0 Å². The van der Waals surface area contributed by atoms with Crippen LogP contribution in [0, 0.1) is 5.92 Å². The monoisotopic (exact) mass is 330 g/mol. The Bertz CT molecular complexity index is 699. The van der Waals surface area contributed by atoms with Crippen molar-refractivity contribution in [3.63, 3.8) is 0 Å². The molecule has 2 aromatic heterocycles. The summed E-state index contributed by atoms with van der Waals surface area (Å²) >= 11 is 0. The van der Waals surface area contributed by atoms with E-state index in [1.54, 1.807) is 17.2 Å². The third kappa shape index (κ3) is 3.58. The number of fused-ring (bicyclic) bond motifs is 1. The zero-order valence-electron chi connectivity index (χ0n) is 14.7. The fraction of sp³-hybridized carbons (Fsp3) is 0.625. The largest absolute Gasteiger partial charge is 0.368 e. The quantitative estimate of drug-likeness (QED) is 0.496. The molecule has 0 bridgehead atoms. The minimum Gasteiger partial charge on any atom is -0.368 e. The highest BCUT2D eigenvalue weighted by molar-refractivity contribution is 5.86. The summed E-state index contributed by atoms with van der Waals surface area (Å²) in [7, 11) is 3.72. The SMILES string of the molecule is CN=C(NCCNc1ncnc2c1cnn2C)N1CCC(C)CC1. The van der Waals surface area contributed by atoms with Crippen molar-refractivity contribution in [2.45, 2.75) is 19.8 Å². The summed E-state index contributed by atoms with van der Waals surface area (Å²) in [6.07, 6.45) is 5.82. The van der Waals surface area contributed by atoms with Crippen LogP contribution in [0.2, 0.25) is 0 Å². The normalized spacial score (nSPS) is 16.6. The highest BCUT2D eigenvalue weighted by atomic mass is 15.3. The number of likely N-dealkylation sites (tertiary alicyclic amines) is 1. The van der Waals surface area contributed by atoms with E-state index in [1.165, 1.54) is 12.8 Å². The van der Waals surface area contributed by atoms with Gasteiger partial charge in [0.15, 0.2) is 11.6 Å². The van der Waals surface area contributed by atoms with Gasteiger partial charge in [0, 0.05) is 40.3 Å². The van der Waals surface area contributed by atoms with Crippen LogP contribution in [0.5, 0.6) is 0 Å². The van der Waals surface area contributed by atoms with Crippen molar-refractivity contribution >= 4 is 22.8 Å². The molecular formula is C16H26N8. The third-order valence-corrected chi connectivity index (χ3v) is 4.52. The molecule has 3 heterocycles. The number of aliphatic imine (C=N–C) groups is 1. The Morgan fingerprint density at radius 2 is 2.08 bits per heavy atom. The molecule has 1 aliphatic rings. The Hall–Kier alpha value is -2.38. The zero-order chi connectivity index (χ0) is 16.9. The Labute approximate surface area is 142 Å². The Morgan fingerprint density at radius 1 is 1.29 bits per heavy atom. The van der Waals surface area contributed by atoms with Gasteiger partial charge in [-0.15, -0.1) is 0 Å². The smallest absolute Gasteiger partial charge is 0.193 e. The second-order valence-electron chi connectivity index (χ2n) is 6.30. The van der Waals surface area contributed by atoms with E-state index in [9.17, 15) is 0 Å². The first-order valence-electron chi connectivity index (χ1n) is 8.51. The van der Waals surface area contributed by atoms with Gasteiger partial charge in [-0.1, -0.05) is 6.92 Å². The topological polar surface area (TPSA) is 83.3 Å². The first kappa shape index (κ1) is 16.5. The van der Waals surface area contributed by atoms with Gasteiger partial charge in [0.1, 0.15) is 12.1 Å². The van der Waals surface area contributed by atoms with Crippen molar-refractivity contribution < 1.29 is 0 Å². The van der Waals surface area contributed by atoms with E-state index in [4.69, 9.17) is 0 Å². The molecule has 130 valence electrons. The average Bonchev–Trinajstić information content (AvgIpc) is 2.98. The fourth-order valence-corrected chi connectivity index (χ4v) is 3.01. The summed E-state index contributed by atoms with van der Waals surface area (Å²) < 4.78 is 1.75. The molecule has 24 heavy (non-hydrogen) atoms. The molecular weight excluding hydrogens is 304 g/mol. The van der Waals surface area contributed by atoms with Crippen molar-refractivity contribution in [3.8, 4) is 0 Å². The molecule has 0 radical (unpaired) electrons. The summed E-state index contributed by atoms with van der Waals surface area (Å²) in [5, 5.41) is 11.9. The first-order valence-corrected chi connectivity index (χ1v) is 8.51. The van der Waals surface area contributed by atoms with Gasteiger partial charge in [0.2, 0.25) is 0 Å². The van der Waals surface area contributed by atoms with E-state index in [0.717, 1.165) is 54.9 Å². The van der Waals surface area contributed by atoms with Crippen molar-refractivity contribution in [3.05, 3.63) is 12.5 Å². The Morgan fingerprint density at radius 3 is 2.83 bits per heavy atom. The summed E-state index contributed by atoms with van der Waals surface area (Å²) in [6, 6.07) is 0. The van der Waals surface area contributed by atoms with Crippen LogP contribution in [0.25, 0.3) is 11.0 Å². The number of rotatable bonds is 4. The van der Waals surface area contributed by atoms with Crippen LogP contribution in [0.1, 0.15) is 19.8 Å². The number of aryl methyl sites for hydroxylation is 1. The summed E-state index contributed by atoms with van der Waals surface area (Å²) in [4.78, 5) is 15.3. The molecule has 0 aromatic carbocycles. The molecule has 2 N–H and O–H groups in total. The van der Waals surface area contributed by atoms with Crippen molar-refractivity contribution in [1.82, 2.24) is 30.0 Å². The van der Waals surface area contributed by atoms with Crippen LogP contribution >= 0.6 is 0 Å². The summed E-state index contributed by atoms with van der Waals surface area (Å²) in [5.74, 6) is 2.62. The van der Waals surface area contributed by atoms with E-state index in [2.05, 4.69) is 42.5 Å². The number of hydrogen-bond donors (Lipinski definition) is 2. The lowest BCUT2D eigenvalue weighted by atomic mass is 10.00. The fourth-order valence-electron chi connectivity index (χ4n) is 3.01. The number of aromatic nitrogens is 4. The lowest BCUT2D eigenvalue weighted by Gasteiger charge is -2.32. The number of hydrogen-bond acceptors (Lipinski definition) is 5. The third-order valence-electron chi connectivity index (χ3n) is 4.52. The number of anilines is 1. The molecule has 8 heteroatoms. The molecule has 0 atom stereocenters.